The number of fused-ring (bicyclic) bond motifs is 1. The Morgan fingerprint density at radius 2 is 2.30 bits per heavy atom. The average molecular weight is 357 g/mol. The van der Waals surface area contributed by atoms with Crippen LogP contribution in [-0.4, -0.2) is 40.0 Å². The van der Waals surface area contributed by atoms with Crippen molar-refractivity contribution in [1.29, 1.82) is 0 Å². The molecule has 1 aliphatic rings. The zero-order valence-electron chi connectivity index (χ0n) is 11.6. The lowest BCUT2D eigenvalue weighted by Gasteiger charge is -2.21. The van der Waals surface area contributed by atoms with Crippen molar-refractivity contribution in [2.45, 2.75) is 31.8 Å². The van der Waals surface area contributed by atoms with Crippen LogP contribution in [0.15, 0.2) is 22.7 Å². The van der Waals surface area contributed by atoms with Crippen molar-refractivity contribution in [2.24, 2.45) is 0 Å². The quantitative estimate of drug-likeness (QED) is 0.779. The summed E-state index contributed by atoms with van der Waals surface area (Å²) in [5.41, 5.74) is 2.27. The van der Waals surface area contributed by atoms with Crippen LogP contribution in [0.3, 0.4) is 0 Å². The summed E-state index contributed by atoms with van der Waals surface area (Å²) in [4.78, 5) is 7.21. The van der Waals surface area contributed by atoms with Crippen LogP contribution in [0, 0.1) is 0 Å². The molecule has 0 aliphatic carbocycles. The summed E-state index contributed by atoms with van der Waals surface area (Å²) in [6.07, 6.45) is 3.39. The van der Waals surface area contributed by atoms with Gasteiger partial charge in [0.05, 0.1) is 11.0 Å². The molecule has 0 radical (unpaired) electrons. The number of rotatable bonds is 4. The normalized spacial score (nSPS) is 20.1. The molecule has 5 heteroatoms. The lowest BCUT2D eigenvalue weighted by atomic mass is 10.2. The molecule has 1 aliphatic heterocycles. The number of hydrogen-bond donors (Lipinski definition) is 0. The molecule has 1 atom stereocenters. The second-order valence-corrected chi connectivity index (χ2v) is 6.78. The van der Waals surface area contributed by atoms with E-state index in [0.29, 0.717) is 11.9 Å². The van der Waals surface area contributed by atoms with Gasteiger partial charge in [0.15, 0.2) is 0 Å². The van der Waals surface area contributed by atoms with Gasteiger partial charge >= 0.3 is 0 Å². The molecule has 1 saturated heterocycles. The Bertz CT molecular complexity index is 610. The van der Waals surface area contributed by atoms with Crippen molar-refractivity contribution in [3.8, 4) is 0 Å². The topological polar surface area (TPSA) is 21.1 Å². The molecule has 0 amide bonds. The Balaban J connectivity index is 1.99. The average Bonchev–Trinajstić information content (AvgIpc) is 2.96. The molecule has 0 saturated carbocycles. The molecule has 20 heavy (non-hydrogen) atoms. The standard InChI is InChI=1S/C15H19BrClN3/c1-19-8-2-3-12(19)10-20-14-5-4-11(16)9-13(14)18-15(20)6-7-17/h4-5,9,12H,2-3,6-8,10H2,1H3. The number of likely N-dealkylation sites (N-methyl/N-ethyl adjacent to an activating group) is 1. The third kappa shape index (κ3) is 2.74. The SMILES string of the molecule is CN1CCCC1Cn1c(CCCl)nc2cc(Br)ccc21. The van der Waals surface area contributed by atoms with E-state index in [0.717, 1.165) is 28.8 Å². The Labute approximate surface area is 133 Å². The van der Waals surface area contributed by atoms with Gasteiger partial charge in [0.2, 0.25) is 0 Å². The van der Waals surface area contributed by atoms with E-state index in [1.807, 2.05) is 0 Å². The number of imidazole rings is 1. The Hall–Kier alpha value is -0.580. The van der Waals surface area contributed by atoms with Crippen LogP contribution in [-0.2, 0) is 13.0 Å². The predicted molar refractivity (Wildman–Crippen MR) is 87.5 cm³/mol. The van der Waals surface area contributed by atoms with E-state index in [4.69, 9.17) is 16.6 Å². The minimum Gasteiger partial charge on any atom is -0.326 e. The van der Waals surface area contributed by atoms with E-state index >= 15 is 0 Å². The number of nitrogens with zero attached hydrogens (tertiary/aromatic N) is 3. The van der Waals surface area contributed by atoms with Gasteiger partial charge in [-0.05, 0) is 44.6 Å². The molecule has 0 spiro atoms. The minimum absolute atomic E-state index is 0.616. The third-order valence-electron chi connectivity index (χ3n) is 4.17. The molecule has 2 aromatic rings. The summed E-state index contributed by atoms with van der Waals surface area (Å²) in [5.74, 6) is 1.72. The molecule has 2 heterocycles. The fourth-order valence-electron chi connectivity index (χ4n) is 3.05. The predicted octanol–water partition coefficient (Wildman–Crippen LogP) is 3.67. The maximum absolute atomic E-state index is 5.94. The van der Waals surface area contributed by atoms with Gasteiger partial charge in [-0.2, -0.15) is 0 Å². The fraction of sp³-hybridized carbons (Fsp3) is 0.533. The number of hydrogen-bond acceptors (Lipinski definition) is 2. The second-order valence-electron chi connectivity index (χ2n) is 5.49. The maximum atomic E-state index is 5.94. The monoisotopic (exact) mass is 355 g/mol. The van der Waals surface area contributed by atoms with Crippen molar-refractivity contribution < 1.29 is 0 Å². The van der Waals surface area contributed by atoms with Crippen molar-refractivity contribution in [1.82, 2.24) is 14.5 Å². The zero-order chi connectivity index (χ0) is 14.1. The highest BCUT2D eigenvalue weighted by Crippen LogP contribution is 2.24. The van der Waals surface area contributed by atoms with Crippen LogP contribution >= 0.6 is 27.5 Å². The molecule has 1 aromatic carbocycles. The molecule has 0 bridgehead atoms. The Kier molecular flexibility index (Phi) is 4.34. The van der Waals surface area contributed by atoms with Crippen molar-refractivity contribution in [3.63, 3.8) is 0 Å². The van der Waals surface area contributed by atoms with Gasteiger partial charge in [-0.3, -0.25) is 0 Å². The molecule has 1 fully saturated rings. The van der Waals surface area contributed by atoms with E-state index in [1.54, 1.807) is 0 Å². The number of likely N-dealkylation sites (tertiary alicyclic amines) is 1. The van der Waals surface area contributed by atoms with Crippen LogP contribution in [0.4, 0.5) is 0 Å². The van der Waals surface area contributed by atoms with Gasteiger partial charge < -0.3 is 9.47 Å². The number of aryl methyl sites for hydroxylation is 1. The van der Waals surface area contributed by atoms with Gasteiger partial charge in [-0.15, -0.1) is 11.6 Å². The van der Waals surface area contributed by atoms with Crippen molar-refractivity contribution in [2.75, 3.05) is 19.5 Å². The van der Waals surface area contributed by atoms with E-state index in [9.17, 15) is 0 Å². The van der Waals surface area contributed by atoms with Crippen LogP contribution in [0.2, 0.25) is 0 Å². The van der Waals surface area contributed by atoms with E-state index in [2.05, 4.69) is 50.6 Å². The van der Waals surface area contributed by atoms with Crippen molar-refractivity contribution in [3.05, 3.63) is 28.5 Å². The number of halogens is 2. The van der Waals surface area contributed by atoms with Gasteiger partial charge in [0.25, 0.3) is 0 Å². The molecular formula is C15H19BrClN3. The largest absolute Gasteiger partial charge is 0.326 e. The third-order valence-corrected chi connectivity index (χ3v) is 4.85. The van der Waals surface area contributed by atoms with Crippen LogP contribution in [0.5, 0.6) is 0 Å². The highest BCUT2D eigenvalue weighted by atomic mass is 79.9. The van der Waals surface area contributed by atoms with Gasteiger partial charge in [-0.25, -0.2) is 4.98 Å². The Morgan fingerprint density at radius 1 is 1.45 bits per heavy atom. The van der Waals surface area contributed by atoms with Crippen LogP contribution < -0.4 is 0 Å². The van der Waals surface area contributed by atoms with Crippen LogP contribution in [0.1, 0.15) is 18.7 Å². The summed E-state index contributed by atoms with van der Waals surface area (Å²) in [6, 6.07) is 6.94. The van der Waals surface area contributed by atoms with Crippen LogP contribution in [0.25, 0.3) is 11.0 Å². The Morgan fingerprint density at radius 3 is 3.00 bits per heavy atom. The first-order valence-corrected chi connectivity index (χ1v) is 8.42. The molecule has 3 nitrogen and oxygen atoms in total. The highest BCUT2D eigenvalue weighted by Gasteiger charge is 2.23. The number of alkyl halides is 1. The highest BCUT2D eigenvalue weighted by molar-refractivity contribution is 9.10. The number of benzene rings is 1. The first kappa shape index (κ1) is 14.4. The first-order valence-electron chi connectivity index (χ1n) is 7.10. The van der Waals surface area contributed by atoms with Gasteiger partial charge in [0.1, 0.15) is 5.82 Å². The molecule has 108 valence electrons. The zero-order valence-corrected chi connectivity index (χ0v) is 14.0. The van der Waals surface area contributed by atoms with Gasteiger partial charge in [-0.1, -0.05) is 15.9 Å². The summed E-state index contributed by atoms with van der Waals surface area (Å²) in [7, 11) is 2.22. The molecular weight excluding hydrogens is 338 g/mol. The summed E-state index contributed by atoms with van der Waals surface area (Å²) in [6.45, 7) is 2.22. The summed E-state index contributed by atoms with van der Waals surface area (Å²) in [5, 5.41) is 0. The van der Waals surface area contributed by atoms with Crippen molar-refractivity contribution >= 4 is 38.6 Å². The van der Waals surface area contributed by atoms with E-state index in [1.165, 1.54) is 24.9 Å². The summed E-state index contributed by atoms with van der Waals surface area (Å²) >= 11 is 9.46. The minimum atomic E-state index is 0.616. The van der Waals surface area contributed by atoms with E-state index < -0.39 is 0 Å². The molecule has 0 N–H and O–H groups in total. The molecule has 1 unspecified atom stereocenters. The molecule has 1 aromatic heterocycles. The fourth-order valence-corrected chi connectivity index (χ4v) is 3.57. The second kappa shape index (κ2) is 6.04. The smallest absolute Gasteiger partial charge is 0.111 e. The van der Waals surface area contributed by atoms with E-state index in [-0.39, 0.29) is 0 Å². The van der Waals surface area contributed by atoms with Gasteiger partial charge in [0, 0.05) is 29.4 Å². The summed E-state index contributed by atoms with van der Waals surface area (Å²) < 4.78 is 3.43. The maximum Gasteiger partial charge on any atom is 0.111 e. The number of aromatic nitrogens is 2. The first-order chi connectivity index (χ1) is 9.69. The lowest BCUT2D eigenvalue weighted by Crippen LogP contribution is -2.29. The molecule has 3 rings (SSSR count). The lowest BCUT2D eigenvalue weighted by molar-refractivity contribution is 0.282.